The lowest BCUT2D eigenvalue weighted by Gasteiger charge is -2.31. The minimum Gasteiger partial charge on any atom is -0.507 e. The lowest BCUT2D eigenvalue weighted by Crippen LogP contribution is -2.43. The predicted octanol–water partition coefficient (Wildman–Crippen LogP) is 3.25. The second kappa shape index (κ2) is 13.1. The van der Waals surface area contributed by atoms with E-state index in [2.05, 4.69) is 20.5 Å². The van der Waals surface area contributed by atoms with Crippen molar-refractivity contribution >= 4 is 35.2 Å². The van der Waals surface area contributed by atoms with Gasteiger partial charge in [0.05, 0.1) is 23.0 Å². The van der Waals surface area contributed by atoms with Gasteiger partial charge in [-0.1, -0.05) is 17.7 Å². The van der Waals surface area contributed by atoms with Crippen LogP contribution in [0.2, 0.25) is 5.02 Å². The molecule has 2 aromatic carbocycles. The number of hydrogen-bond acceptors (Lipinski definition) is 8. The molecule has 2 heterocycles. The highest BCUT2D eigenvalue weighted by Crippen LogP contribution is 2.42. The second-order valence-electron chi connectivity index (χ2n) is 9.60. The average Bonchev–Trinajstić information content (AvgIpc) is 2.94. The number of hydrogen-bond donors (Lipinski definition) is 4. The van der Waals surface area contributed by atoms with Crippen LogP contribution in [0.3, 0.4) is 0 Å². The normalized spacial score (nSPS) is 13.5. The fraction of sp³-hybridized carbons (Fsp3) is 0.357. The Kier molecular flexibility index (Phi) is 9.58. The zero-order chi connectivity index (χ0) is 27.9. The Morgan fingerprint density at radius 2 is 1.85 bits per heavy atom. The average molecular weight is 557 g/mol. The van der Waals surface area contributed by atoms with E-state index in [0.717, 1.165) is 38.3 Å². The molecule has 0 aliphatic carbocycles. The summed E-state index contributed by atoms with van der Waals surface area (Å²) in [5.74, 6) is -0.0175. The summed E-state index contributed by atoms with van der Waals surface area (Å²) in [7, 11) is 3.83. The van der Waals surface area contributed by atoms with Crippen molar-refractivity contribution in [2.75, 3.05) is 81.6 Å². The number of nitrogens with zero attached hydrogens (tertiary/aromatic N) is 4. The van der Waals surface area contributed by atoms with Gasteiger partial charge in [0, 0.05) is 68.7 Å². The summed E-state index contributed by atoms with van der Waals surface area (Å²) >= 11 is 6.55. The van der Waals surface area contributed by atoms with Gasteiger partial charge in [-0.15, -0.1) is 0 Å². The van der Waals surface area contributed by atoms with Crippen molar-refractivity contribution < 1.29 is 19.4 Å². The van der Waals surface area contributed by atoms with Crippen molar-refractivity contribution in [2.24, 2.45) is 0 Å². The summed E-state index contributed by atoms with van der Waals surface area (Å²) in [6.45, 7) is 4.56. The van der Waals surface area contributed by atoms with Crippen LogP contribution >= 0.6 is 11.6 Å². The number of amides is 1. The molecule has 39 heavy (non-hydrogen) atoms. The van der Waals surface area contributed by atoms with Gasteiger partial charge in [0.25, 0.3) is 0 Å². The van der Waals surface area contributed by atoms with Crippen LogP contribution in [-0.2, 0) is 4.79 Å². The first-order chi connectivity index (χ1) is 18.8. The molecule has 4 rings (SSSR count). The maximum absolute atomic E-state index is 14.9. The van der Waals surface area contributed by atoms with Gasteiger partial charge in [0.2, 0.25) is 6.41 Å². The van der Waals surface area contributed by atoms with Crippen LogP contribution in [-0.4, -0.2) is 93.0 Å². The van der Waals surface area contributed by atoms with E-state index in [0.29, 0.717) is 52.9 Å². The molecule has 1 saturated heterocycles. The third kappa shape index (κ3) is 6.77. The maximum atomic E-state index is 14.9. The van der Waals surface area contributed by atoms with E-state index < -0.39 is 5.82 Å². The SMILES string of the molecule is CN(C)CCN(C=O)c1ccc(-c2cc(F)cc(-c3cnc(NCCO)c(N4CCNCC4)c3)c2O)cc1Cl. The highest BCUT2D eigenvalue weighted by Gasteiger charge is 2.20. The molecule has 0 radical (unpaired) electrons. The molecular formula is C28H34ClFN6O3. The minimum absolute atomic E-state index is 0.0416. The molecule has 0 spiro atoms. The summed E-state index contributed by atoms with van der Waals surface area (Å²) in [4.78, 5) is 21.9. The number of aliphatic hydroxyl groups is 1. The molecule has 0 saturated carbocycles. The van der Waals surface area contributed by atoms with Crippen molar-refractivity contribution in [1.29, 1.82) is 0 Å². The Morgan fingerprint density at radius 3 is 2.49 bits per heavy atom. The van der Waals surface area contributed by atoms with Gasteiger partial charge in [0.15, 0.2) is 0 Å². The first-order valence-corrected chi connectivity index (χ1v) is 13.2. The summed E-state index contributed by atoms with van der Waals surface area (Å²) in [5.41, 5.74) is 2.97. The van der Waals surface area contributed by atoms with E-state index in [1.54, 1.807) is 24.4 Å². The van der Waals surface area contributed by atoms with E-state index in [1.807, 2.05) is 25.1 Å². The van der Waals surface area contributed by atoms with Crippen molar-refractivity contribution in [3.05, 3.63) is 53.4 Å². The second-order valence-corrected chi connectivity index (χ2v) is 10.0. The van der Waals surface area contributed by atoms with Gasteiger partial charge in [-0.25, -0.2) is 9.37 Å². The van der Waals surface area contributed by atoms with Crippen LogP contribution in [0.25, 0.3) is 22.3 Å². The molecule has 1 aromatic heterocycles. The molecule has 11 heteroatoms. The molecule has 0 atom stereocenters. The zero-order valence-corrected chi connectivity index (χ0v) is 22.9. The standard InChI is InChI=1S/C28H34ClFN6O3/c1-34(2)10-11-36(18-38)25-4-3-19(13-24(25)29)22-15-21(30)16-23(27(22)39)20-14-26(35-8-5-31-6-9-35)28(33-17-20)32-7-12-37/h3-4,13-18,31,37,39H,5-12H2,1-2H3,(H,32,33). The number of phenols is 1. The first-order valence-electron chi connectivity index (χ1n) is 12.8. The summed E-state index contributed by atoms with van der Waals surface area (Å²) < 4.78 is 14.9. The number of pyridine rings is 1. The van der Waals surface area contributed by atoms with E-state index in [1.165, 1.54) is 17.0 Å². The number of rotatable bonds is 11. The number of aromatic nitrogens is 1. The molecular weight excluding hydrogens is 523 g/mol. The number of benzene rings is 2. The molecule has 0 bridgehead atoms. The van der Waals surface area contributed by atoms with Crippen LogP contribution in [0.15, 0.2) is 42.6 Å². The van der Waals surface area contributed by atoms with E-state index in [-0.39, 0.29) is 17.9 Å². The highest BCUT2D eigenvalue weighted by atomic mass is 35.5. The van der Waals surface area contributed by atoms with Crippen LogP contribution < -0.4 is 20.4 Å². The molecule has 1 amide bonds. The highest BCUT2D eigenvalue weighted by molar-refractivity contribution is 6.34. The van der Waals surface area contributed by atoms with Gasteiger partial charge in [0.1, 0.15) is 17.4 Å². The Labute approximate surface area is 232 Å². The first kappa shape index (κ1) is 28.6. The lowest BCUT2D eigenvalue weighted by molar-refractivity contribution is -0.107. The fourth-order valence-corrected chi connectivity index (χ4v) is 4.83. The van der Waals surface area contributed by atoms with Crippen molar-refractivity contribution in [1.82, 2.24) is 15.2 Å². The number of carbonyl (C=O) groups is 1. The number of aromatic hydroxyl groups is 1. The number of likely N-dealkylation sites (N-methyl/N-ethyl adjacent to an activating group) is 1. The Balaban J connectivity index is 1.72. The van der Waals surface area contributed by atoms with Gasteiger partial charge in [-0.3, -0.25) is 4.79 Å². The number of carbonyl (C=O) groups excluding carboxylic acids is 1. The maximum Gasteiger partial charge on any atom is 0.214 e. The van der Waals surface area contributed by atoms with Crippen LogP contribution in [0.4, 0.5) is 21.6 Å². The van der Waals surface area contributed by atoms with Crippen molar-refractivity contribution in [3.8, 4) is 28.0 Å². The van der Waals surface area contributed by atoms with E-state index in [9.17, 15) is 19.4 Å². The Morgan fingerprint density at radius 1 is 1.13 bits per heavy atom. The molecule has 4 N–H and O–H groups in total. The summed E-state index contributed by atoms with van der Waals surface area (Å²) in [5, 5.41) is 27.4. The van der Waals surface area contributed by atoms with Gasteiger partial charge in [-0.2, -0.15) is 0 Å². The van der Waals surface area contributed by atoms with Gasteiger partial charge >= 0.3 is 0 Å². The summed E-state index contributed by atoms with van der Waals surface area (Å²) in [6, 6.07) is 9.43. The molecule has 1 aliphatic heterocycles. The molecule has 1 aliphatic rings. The van der Waals surface area contributed by atoms with Gasteiger partial charge in [-0.05, 0) is 50.0 Å². The van der Waals surface area contributed by atoms with Crippen molar-refractivity contribution in [3.63, 3.8) is 0 Å². The van der Waals surface area contributed by atoms with Gasteiger partial charge < -0.3 is 35.5 Å². The number of piperazine rings is 1. The van der Waals surface area contributed by atoms with Crippen LogP contribution in [0.5, 0.6) is 5.75 Å². The third-order valence-corrected chi connectivity index (χ3v) is 6.90. The molecule has 9 nitrogen and oxygen atoms in total. The zero-order valence-electron chi connectivity index (χ0n) is 22.1. The quantitative estimate of drug-likeness (QED) is 0.267. The smallest absolute Gasteiger partial charge is 0.214 e. The summed E-state index contributed by atoms with van der Waals surface area (Å²) in [6.07, 6.45) is 2.30. The van der Waals surface area contributed by atoms with E-state index >= 15 is 0 Å². The molecule has 3 aromatic rings. The molecule has 208 valence electrons. The molecule has 0 unspecified atom stereocenters. The number of aliphatic hydroxyl groups excluding tert-OH is 1. The Bertz CT molecular complexity index is 1300. The minimum atomic E-state index is -0.523. The number of halogens is 2. The topological polar surface area (TPSA) is 104 Å². The third-order valence-electron chi connectivity index (χ3n) is 6.60. The monoisotopic (exact) mass is 556 g/mol. The Hall–Kier alpha value is -3.44. The largest absolute Gasteiger partial charge is 0.507 e. The van der Waals surface area contributed by atoms with Crippen LogP contribution in [0, 0.1) is 5.82 Å². The number of phenolic OH excluding ortho intramolecular Hbond substituents is 1. The fourth-order valence-electron chi connectivity index (χ4n) is 4.54. The van der Waals surface area contributed by atoms with Crippen molar-refractivity contribution in [2.45, 2.75) is 0 Å². The van der Waals surface area contributed by atoms with E-state index in [4.69, 9.17) is 11.6 Å². The lowest BCUT2D eigenvalue weighted by atomic mass is 9.97. The predicted molar refractivity (Wildman–Crippen MR) is 154 cm³/mol. The number of nitrogens with one attached hydrogen (secondary N) is 2. The van der Waals surface area contributed by atoms with Crippen LogP contribution in [0.1, 0.15) is 0 Å². The number of anilines is 3. The molecule has 1 fully saturated rings.